The van der Waals surface area contributed by atoms with Crippen molar-refractivity contribution in [2.24, 2.45) is 0 Å². The number of nitriles is 1. The van der Waals surface area contributed by atoms with Crippen molar-refractivity contribution in [3.05, 3.63) is 52.4 Å². The summed E-state index contributed by atoms with van der Waals surface area (Å²) in [6.07, 6.45) is 3.80. The van der Waals surface area contributed by atoms with Crippen molar-refractivity contribution in [3.8, 4) is 17.6 Å². The summed E-state index contributed by atoms with van der Waals surface area (Å²) in [7, 11) is 2.95. The predicted molar refractivity (Wildman–Crippen MR) is 111 cm³/mol. The third-order valence-corrected chi connectivity index (χ3v) is 5.12. The molecular weight excluding hydrogens is 384 g/mol. The van der Waals surface area contributed by atoms with Crippen LogP contribution in [-0.2, 0) is 9.53 Å². The number of ether oxygens (including phenoxy) is 3. The lowest BCUT2D eigenvalue weighted by Crippen LogP contribution is -2.16. The zero-order valence-corrected chi connectivity index (χ0v) is 17.5. The zero-order valence-electron chi connectivity index (χ0n) is 17.5. The first kappa shape index (κ1) is 21.2. The number of esters is 1. The van der Waals surface area contributed by atoms with Crippen molar-refractivity contribution < 1.29 is 23.8 Å². The van der Waals surface area contributed by atoms with Crippen LogP contribution < -0.4 is 9.47 Å². The van der Waals surface area contributed by atoms with Crippen LogP contribution in [0.4, 0.5) is 0 Å². The number of nitrogens with zero attached hydrogens (tertiary/aromatic N) is 2. The van der Waals surface area contributed by atoms with Crippen LogP contribution >= 0.6 is 0 Å². The van der Waals surface area contributed by atoms with E-state index in [1.165, 1.54) is 20.3 Å². The van der Waals surface area contributed by atoms with Crippen LogP contribution in [0.5, 0.6) is 11.5 Å². The summed E-state index contributed by atoms with van der Waals surface area (Å²) in [6.45, 7) is 3.48. The van der Waals surface area contributed by atoms with Crippen molar-refractivity contribution >= 4 is 17.8 Å². The Hall–Kier alpha value is -3.53. The van der Waals surface area contributed by atoms with Crippen LogP contribution in [0.3, 0.4) is 0 Å². The van der Waals surface area contributed by atoms with Gasteiger partial charge in [0.15, 0.2) is 6.61 Å². The highest BCUT2D eigenvalue weighted by molar-refractivity contribution is 6.03. The predicted octanol–water partition coefficient (Wildman–Crippen LogP) is 3.79. The summed E-state index contributed by atoms with van der Waals surface area (Å²) >= 11 is 0. The highest BCUT2D eigenvalue weighted by Crippen LogP contribution is 2.38. The summed E-state index contributed by atoms with van der Waals surface area (Å²) < 4.78 is 17.6. The van der Waals surface area contributed by atoms with Gasteiger partial charge in [0.1, 0.15) is 23.1 Å². The molecule has 0 N–H and O–H groups in total. The van der Waals surface area contributed by atoms with Gasteiger partial charge < -0.3 is 18.8 Å². The molecular formula is C23H24N2O5. The first-order chi connectivity index (χ1) is 14.4. The number of ketones is 1. The van der Waals surface area contributed by atoms with E-state index in [1.807, 2.05) is 26.0 Å². The number of carbonyl (C=O) groups excluding carboxylic acids is 2. The maximum atomic E-state index is 12.5. The van der Waals surface area contributed by atoms with Gasteiger partial charge in [-0.05, 0) is 56.5 Å². The molecule has 0 spiro atoms. The molecule has 0 radical (unpaired) electrons. The van der Waals surface area contributed by atoms with Crippen LogP contribution in [0.1, 0.15) is 46.2 Å². The molecule has 2 aromatic rings. The monoisotopic (exact) mass is 408 g/mol. The topological polar surface area (TPSA) is 90.5 Å². The van der Waals surface area contributed by atoms with Gasteiger partial charge in [-0.25, -0.2) is 4.79 Å². The molecule has 1 saturated carbocycles. The molecule has 1 aliphatic rings. The van der Waals surface area contributed by atoms with Crippen LogP contribution in [-0.4, -0.2) is 37.1 Å². The Morgan fingerprint density at radius 3 is 2.53 bits per heavy atom. The number of Topliss-reactive ketones (excluding diaryl/α,β-unsaturated/α-hetero) is 1. The molecule has 0 saturated heterocycles. The molecule has 156 valence electrons. The van der Waals surface area contributed by atoms with Gasteiger partial charge in [0.05, 0.1) is 19.8 Å². The van der Waals surface area contributed by atoms with Gasteiger partial charge in [-0.2, -0.15) is 5.26 Å². The van der Waals surface area contributed by atoms with E-state index in [1.54, 1.807) is 18.2 Å². The zero-order chi connectivity index (χ0) is 21.8. The second kappa shape index (κ2) is 8.87. The summed E-state index contributed by atoms with van der Waals surface area (Å²) in [5, 5.41) is 9.42. The van der Waals surface area contributed by atoms with E-state index in [0.29, 0.717) is 17.5 Å². The molecule has 1 fully saturated rings. The fraction of sp³-hybridized carbons (Fsp3) is 0.348. The Bertz CT molecular complexity index is 1050. The van der Waals surface area contributed by atoms with E-state index < -0.39 is 18.4 Å². The third kappa shape index (κ3) is 4.38. The van der Waals surface area contributed by atoms with Crippen LogP contribution in [0, 0.1) is 25.2 Å². The summed E-state index contributed by atoms with van der Waals surface area (Å²) in [4.78, 5) is 24.9. The van der Waals surface area contributed by atoms with E-state index in [2.05, 4.69) is 4.57 Å². The Balaban J connectivity index is 1.72. The molecule has 1 aromatic carbocycles. The molecule has 30 heavy (non-hydrogen) atoms. The van der Waals surface area contributed by atoms with E-state index in [9.17, 15) is 14.9 Å². The standard InChI is InChI=1S/C23H24N2O5/c1-14-9-16(15(2)25(14)18-5-6-18)10-17(12-24)23(27)30-13-21(26)20-8-7-19(28-3)11-22(20)29-4/h7-11,18H,5-6,13H2,1-4H3/b17-10+. The normalized spacial score (nSPS) is 13.5. The van der Waals surface area contributed by atoms with E-state index >= 15 is 0 Å². The number of carbonyl (C=O) groups is 2. The minimum atomic E-state index is -0.838. The second-order valence-electron chi connectivity index (χ2n) is 7.16. The van der Waals surface area contributed by atoms with Gasteiger partial charge in [-0.3, -0.25) is 4.79 Å². The second-order valence-corrected chi connectivity index (χ2v) is 7.16. The summed E-state index contributed by atoms with van der Waals surface area (Å²) in [5.41, 5.74) is 3.02. The Morgan fingerprint density at radius 1 is 1.20 bits per heavy atom. The van der Waals surface area contributed by atoms with E-state index in [0.717, 1.165) is 29.8 Å². The lowest BCUT2D eigenvalue weighted by molar-refractivity contribution is -0.137. The minimum absolute atomic E-state index is 0.152. The van der Waals surface area contributed by atoms with Crippen LogP contribution in [0.15, 0.2) is 29.8 Å². The Morgan fingerprint density at radius 2 is 1.93 bits per heavy atom. The van der Waals surface area contributed by atoms with E-state index in [4.69, 9.17) is 14.2 Å². The average molecular weight is 408 g/mol. The van der Waals surface area contributed by atoms with Crippen molar-refractivity contribution in [1.82, 2.24) is 4.57 Å². The van der Waals surface area contributed by atoms with Gasteiger partial charge >= 0.3 is 5.97 Å². The summed E-state index contributed by atoms with van der Waals surface area (Å²) in [6, 6.07) is 9.07. The number of benzene rings is 1. The molecule has 7 heteroatoms. The highest BCUT2D eigenvalue weighted by atomic mass is 16.5. The minimum Gasteiger partial charge on any atom is -0.497 e. The maximum absolute atomic E-state index is 12.5. The van der Waals surface area contributed by atoms with Crippen molar-refractivity contribution in [2.45, 2.75) is 32.7 Å². The number of hydrogen-bond donors (Lipinski definition) is 0. The van der Waals surface area contributed by atoms with E-state index in [-0.39, 0.29) is 11.1 Å². The van der Waals surface area contributed by atoms with Crippen molar-refractivity contribution in [3.63, 3.8) is 0 Å². The Labute approximate surface area is 175 Å². The van der Waals surface area contributed by atoms with Crippen LogP contribution in [0.25, 0.3) is 6.08 Å². The van der Waals surface area contributed by atoms with Crippen LogP contribution in [0.2, 0.25) is 0 Å². The first-order valence-electron chi connectivity index (χ1n) is 9.62. The molecule has 0 atom stereocenters. The van der Waals surface area contributed by atoms with Gasteiger partial charge in [0.25, 0.3) is 0 Å². The lowest BCUT2D eigenvalue weighted by atomic mass is 10.1. The van der Waals surface area contributed by atoms with Gasteiger partial charge in [-0.1, -0.05) is 0 Å². The third-order valence-electron chi connectivity index (χ3n) is 5.12. The van der Waals surface area contributed by atoms with Crippen molar-refractivity contribution in [2.75, 3.05) is 20.8 Å². The maximum Gasteiger partial charge on any atom is 0.349 e. The highest BCUT2D eigenvalue weighted by Gasteiger charge is 2.27. The molecule has 0 unspecified atom stereocenters. The number of rotatable bonds is 8. The number of hydrogen-bond acceptors (Lipinski definition) is 6. The lowest BCUT2D eigenvalue weighted by Gasteiger charge is -2.10. The van der Waals surface area contributed by atoms with Gasteiger partial charge in [0.2, 0.25) is 5.78 Å². The summed E-state index contributed by atoms with van der Waals surface area (Å²) in [5.74, 6) is -0.417. The average Bonchev–Trinajstić information content (AvgIpc) is 3.54. The molecule has 0 aliphatic heterocycles. The van der Waals surface area contributed by atoms with Crippen molar-refractivity contribution in [1.29, 1.82) is 5.26 Å². The number of aromatic nitrogens is 1. The largest absolute Gasteiger partial charge is 0.497 e. The fourth-order valence-electron chi connectivity index (χ4n) is 3.45. The quantitative estimate of drug-likeness (QED) is 0.286. The molecule has 7 nitrogen and oxygen atoms in total. The molecule has 3 rings (SSSR count). The molecule has 0 bridgehead atoms. The smallest absolute Gasteiger partial charge is 0.349 e. The molecule has 1 aromatic heterocycles. The first-order valence-corrected chi connectivity index (χ1v) is 9.62. The van der Waals surface area contributed by atoms with Gasteiger partial charge in [0, 0.05) is 23.5 Å². The number of aryl methyl sites for hydroxylation is 1. The molecule has 1 aliphatic carbocycles. The fourth-order valence-corrected chi connectivity index (χ4v) is 3.45. The van der Waals surface area contributed by atoms with Gasteiger partial charge in [-0.15, -0.1) is 0 Å². The molecule has 0 amide bonds. The number of methoxy groups -OCH3 is 2. The molecule has 1 heterocycles. The SMILES string of the molecule is COc1ccc(C(=O)COC(=O)/C(C#N)=C/c2cc(C)n(C3CC3)c2C)c(OC)c1. The Kier molecular flexibility index (Phi) is 6.26.